The third-order valence-electron chi connectivity index (χ3n) is 3.18. The Kier molecular flexibility index (Phi) is 4.42. The summed E-state index contributed by atoms with van der Waals surface area (Å²) in [7, 11) is 0.563. The van der Waals surface area contributed by atoms with Gasteiger partial charge in [0.25, 0.3) is 0 Å². The standard InChI is InChI=1S/C14H18BNO3/c1-11-12(7-8-19-11)9-16(2)10-13-5-3-4-6-14(13)15(17)18/h3-8,17-18H,9-10H2,1-2H3. The van der Waals surface area contributed by atoms with Crippen molar-refractivity contribution in [1.29, 1.82) is 0 Å². The molecule has 0 saturated heterocycles. The molecule has 1 aromatic heterocycles. The lowest BCUT2D eigenvalue weighted by molar-refractivity contribution is 0.316. The van der Waals surface area contributed by atoms with E-state index in [4.69, 9.17) is 4.42 Å². The van der Waals surface area contributed by atoms with Crippen LogP contribution in [0.25, 0.3) is 0 Å². The summed E-state index contributed by atoms with van der Waals surface area (Å²) >= 11 is 0. The molecule has 0 amide bonds. The topological polar surface area (TPSA) is 56.8 Å². The van der Waals surface area contributed by atoms with E-state index >= 15 is 0 Å². The van der Waals surface area contributed by atoms with Crippen LogP contribution in [0, 0.1) is 6.92 Å². The number of benzene rings is 1. The lowest BCUT2D eigenvalue weighted by Gasteiger charge is -2.18. The van der Waals surface area contributed by atoms with E-state index < -0.39 is 7.12 Å². The third kappa shape index (κ3) is 3.47. The third-order valence-corrected chi connectivity index (χ3v) is 3.18. The largest absolute Gasteiger partial charge is 0.488 e. The minimum Gasteiger partial charge on any atom is -0.469 e. The zero-order chi connectivity index (χ0) is 13.8. The van der Waals surface area contributed by atoms with Crippen molar-refractivity contribution in [2.45, 2.75) is 20.0 Å². The molecule has 2 aromatic rings. The summed E-state index contributed by atoms with van der Waals surface area (Å²) in [5, 5.41) is 18.7. The first-order valence-corrected chi connectivity index (χ1v) is 6.23. The number of rotatable bonds is 5. The highest BCUT2D eigenvalue weighted by Gasteiger charge is 2.16. The molecule has 0 fully saturated rings. The van der Waals surface area contributed by atoms with E-state index in [0.717, 1.165) is 23.4 Å². The highest BCUT2D eigenvalue weighted by Crippen LogP contribution is 2.12. The molecule has 2 N–H and O–H groups in total. The molecule has 0 radical (unpaired) electrons. The molecule has 1 aromatic carbocycles. The number of aryl methyl sites for hydroxylation is 1. The minimum absolute atomic E-state index is 0.554. The second-order valence-corrected chi connectivity index (χ2v) is 4.75. The molecule has 0 bridgehead atoms. The maximum atomic E-state index is 9.34. The molecule has 2 rings (SSSR count). The van der Waals surface area contributed by atoms with Crippen LogP contribution < -0.4 is 5.46 Å². The monoisotopic (exact) mass is 259 g/mol. The van der Waals surface area contributed by atoms with Gasteiger partial charge in [0.15, 0.2) is 0 Å². The highest BCUT2D eigenvalue weighted by molar-refractivity contribution is 6.59. The maximum absolute atomic E-state index is 9.34. The van der Waals surface area contributed by atoms with Crippen LogP contribution in [0.2, 0.25) is 0 Å². The maximum Gasteiger partial charge on any atom is 0.488 e. The summed E-state index contributed by atoms with van der Waals surface area (Å²) in [5.74, 6) is 0.919. The van der Waals surface area contributed by atoms with Gasteiger partial charge in [0.2, 0.25) is 0 Å². The van der Waals surface area contributed by atoms with Gasteiger partial charge in [-0.3, -0.25) is 4.90 Å². The molecule has 0 spiro atoms. The summed E-state index contributed by atoms with van der Waals surface area (Å²) in [6.07, 6.45) is 1.68. The van der Waals surface area contributed by atoms with Gasteiger partial charge in [-0.25, -0.2) is 0 Å². The van der Waals surface area contributed by atoms with Crippen molar-refractivity contribution in [2.75, 3.05) is 7.05 Å². The van der Waals surface area contributed by atoms with Crippen LogP contribution in [0.4, 0.5) is 0 Å². The SMILES string of the molecule is Cc1occc1CN(C)Cc1ccccc1B(O)O. The Hall–Kier alpha value is -1.56. The summed E-state index contributed by atoms with van der Waals surface area (Å²) in [4.78, 5) is 2.11. The molecule has 0 aliphatic heterocycles. The van der Waals surface area contributed by atoms with E-state index in [9.17, 15) is 10.0 Å². The quantitative estimate of drug-likeness (QED) is 0.783. The molecule has 19 heavy (non-hydrogen) atoms. The zero-order valence-corrected chi connectivity index (χ0v) is 11.2. The van der Waals surface area contributed by atoms with E-state index in [-0.39, 0.29) is 0 Å². The second kappa shape index (κ2) is 6.06. The average molecular weight is 259 g/mol. The van der Waals surface area contributed by atoms with Gasteiger partial charge in [0.1, 0.15) is 5.76 Å². The normalized spacial score (nSPS) is 11.0. The van der Waals surface area contributed by atoms with Crippen LogP contribution in [0.1, 0.15) is 16.9 Å². The van der Waals surface area contributed by atoms with Crippen molar-refractivity contribution in [3.8, 4) is 0 Å². The molecule has 0 unspecified atom stereocenters. The van der Waals surface area contributed by atoms with Crippen LogP contribution in [0.15, 0.2) is 41.0 Å². The molecule has 1 heterocycles. The Morgan fingerprint density at radius 2 is 1.79 bits per heavy atom. The van der Waals surface area contributed by atoms with Crippen molar-refractivity contribution in [3.63, 3.8) is 0 Å². The molecule has 0 aliphatic rings. The Bertz CT molecular complexity index is 539. The fourth-order valence-corrected chi connectivity index (χ4v) is 2.14. The lowest BCUT2D eigenvalue weighted by atomic mass is 9.77. The first-order valence-electron chi connectivity index (χ1n) is 6.23. The predicted molar refractivity (Wildman–Crippen MR) is 74.9 cm³/mol. The van der Waals surface area contributed by atoms with E-state index in [0.29, 0.717) is 12.0 Å². The van der Waals surface area contributed by atoms with Crippen molar-refractivity contribution in [3.05, 3.63) is 53.5 Å². The number of nitrogens with zero attached hydrogens (tertiary/aromatic N) is 1. The highest BCUT2D eigenvalue weighted by atomic mass is 16.4. The summed E-state index contributed by atoms with van der Waals surface area (Å²) < 4.78 is 5.27. The van der Waals surface area contributed by atoms with E-state index in [1.165, 1.54) is 0 Å². The Balaban J connectivity index is 2.07. The van der Waals surface area contributed by atoms with E-state index in [1.54, 1.807) is 18.4 Å². The van der Waals surface area contributed by atoms with Gasteiger partial charge < -0.3 is 14.5 Å². The van der Waals surface area contributed by atoms with Crippen LogP contribution in [-0.2, 0) is 13.1 Å². The van der Waals surface area contributed by atoms with Crippen LogP contribution >= 0.6 is 0 Å². The van der Waals surface area contributed by atoms with E-state index in [1.807, 2.05) is 32.2 Å². The Labute approximate surface area is 113 Å². The molecule has 0 aliphatic carbocycles. The molecule has 5 heteroatoms. The lowest BCUT2D eigenvalue weighted by Crippen LogP contribution is -2.34. The van der Waals surface area contributed by atoms with Crippen LogP contribution in [0.3, 0.4) is 0 Å². The van der Waals surface area contributed by atoms with Gasteiger partial charge in [-0.1, -0.05) is 24.3 Å². The van der Waals surface area contributed by atoms with Gasteiger partial charge in [-0.05, 0) is 31.1 Å². The van der Waals surface area contributed by atoms with Crippen molar-refractivity contribution >= 4 is 12.6 Å². The summed E-state index contributed by atoms with van der Waals surface area (Å²) in [6.45, 7) is 3.35. The number of hydrogen-bond donors (Lipinski definition) is 2. The fraction of sp³-hybridized carbons (Fsp3) is 0.286. The first-order chi connectivity index (χ1) is 9.08. The van der Waals surface area contributed by atoms with Gasteiger partial charge in [0.05, 0.1) is 6.26 Å². The first kappa shape index (κ1) is 13.9. The Morgan fingerprint density at radius 3 is 2.42 bits per heavy atom. The Morgan fingerprint density at radius 1 is 1.11 bits per heavy atom. The number of hydrogen-bond acceptors (Lipinski definition) is 4. The molecule has 4 nitrogen and oxygen atoms in total. The summed E-state index contributed by atoms with van der Waals surface area (Å²) in [5.41, 5.74) is 2.61. The molecule has 0 saturated carbocycles. The van der Waals surface area contributed by atoms with Gasteiger partial charge in [0, 0.05) is 18.7 Å². The molecule has 100 valence electrons. The minimum atomic E-state index is -1.43. The predicted octanol–water partition coefficient (Wildman–Crippen LogP) is 0.900. The fourth-order valence-electron chi connectivity index (χ4n) is 2.14. The second-order valence-electron chi connectivity index (χ2n) is 4.75. The van der Waals surface area contributed by atoms with Gasteiger partial charge >= 0.3 is 7.12 Å². The molecular weight excluding hydrogens is 241 g/mol. The summed E-state index contributed by atoms with van der Waals surface area (Å²) in [6, 6.07) is 9.31. The van der Waals surface area contributed by atoms with Gasteiger partial charge in [-0.15, -0.1) is 0 Å². The van der Waals surface area contributed by atoms with Gasteiger partial charge in [-0.2, -0.15) is 0 Å². The number of furan rings is 1. The smallest absolute Gasteiger partial charge is 0.469 e. The average Bonchev–Trinajstić information content (AvgIpc) is 2.75. The van der Waals surface area contributed by atoms with Crippen molar-refractivity contribution in [1.82, 2.24) is 4.90 Å². The van der Waals surface area contributed by atoms with E-state index in [2.05, 4.69) is 4.90 Å². The zero-order valence-electron chi connectivity index (χ0n) is 11.2. The van der Waals surface area contributed by atoms with Crippen LogP contribution in [0.5, 0.6) is 0 Å². The molecular formula is C14H18BNO3. The molecule has 0 atom stereocenters. The van der Waals surface area contributed by atoms with Crippen molar-refractivity contribution in [2.24, 2.45) is 0 Å². The van der Waals surface area contributed by atoms with Crippen molar-refractivity contribution < 1.29 is 14.5 Å². The van der Waals surface area contributed by atoms with Crippen LogP contribution in [-0.4, -0.2) is 29.1 Å².